The van der Waals surface area contributed by atoms with Crippen LogP contribution in [0, 0.1) is 11.8 Å². The van der Waals surface area contributed by atoms with Crippen molar-refractivity contribution in [2.45, 2.75) is 24.5 Å². The molecule has 0 spiro atoms. The summed E-state index contributed by atoms with van der Waals surface area (Å²) in [7, 11) is 3.01. The van der Waals surface area contributed by atoms with Crippen molar-refractivity contribution >= 4 is 23.2 Å². The van der Waals surface area contributed by atoms with E-state index in [0.717, 1.165) is 12.1 Å². The van der Waals surface area contributed by atoms with E-state index in [0.29, 0.717) is 0 Å². The number of nitrogens with two attached hydrogens (primary N) is 1. The minimum atomic E-state index is -2.73. The zero-order chi connectivity index (χ0) is 23.0. The molecule has 31 heavy (non-hydrogen) atoms. The van der Waals surface area contributed by atoms with E-state index in [1.807, 2.05) is 0 Å². The number of aromatic hydroxyl groups is 1. The van der Waals surface area contributed by atoms with Crippen molar-refractivity contribution in [1.29, 1.82) is 0 Å². The van der Waals surface area contributed by atoms with Crippen molar-refractivity contribution in [2.24, 2.45) is 17.6 Å². The average Bonchev–Trinajstić information content (AvgIpc) is 2.67. The maximum absolute atomic E-state index is 13.4. The molecule has 1 radical (unpaired) electrons. The van der Waals surface area contributed by atoms with Crippen molar-refractivity contribution in [3.63, 3.8) is 0 Å². The molecule has 0 bridgehead atoms. The molecule has 163 valence electrons. The Bertz CT molecular complexity index is 1120. The van der Waals surface area contributed by atoms with Crippen molar-refractivity contribution in [3.05, 3.63) is 40.2 Å². The lowest BCUT2D eigenvalue weighted by Crippen LogP contribution is -2.65. The summed E-state index contributed by atoms with van der Waals surface area (Å²) in [4.78, 5) is 39.6. The van der Waals surface area contributed by atoms with E-state index in [1.54, 1.807) is 0 Å². The summed E-state index contributed by atoms with van der Waals surface area (Å²) in [6.07, 6.45) is -0.147. The minimum Gasteiger partial charge on any atom is -0.872 e. The number of fused-ring (bicyclic) bond motifs is 3. The molecule has 4 atom stereocenters. The molecule has 0 aliphatic heterocycles. The smallest absolute Gasteiger partial charge is 0.255 e. The van der Waals surface area contributed by atoms with Crippen LogP contribution in [0.5, 0.6) is 11.5 Å². The van der Waals surface area contributed by atoms with Crippen molar-refractivity contribution < 1.29 is 39.9 Å². The van der Waals surface area contributed by atoms with Gasteiger partial charge in [-0.25, -0.2) is 0 Å². The number of phenols is 1. The lowest BCUT2D eigenvalue weighted by atomic mass is 9.57. The molecule has 10 nitrogen and oxygen atoms in total. The molecule has 4 rings (SSSR count). The Morgan fingerprint density at radius 1 is 1.26 bits per heavy atom. The van der Waals surface area contributed by atoms with E-state index in [-0.39, 0.29) is 24.0 Å². The van der Waals surface area contributed by atoms with Crippen LogP contribution in [0.25, 0.3) is 5.76 Å². The van der Waals surface area contributed by atoms with Gasteiger partial charge in [-0.2, -0.15) is 0 Å². The van der Waals surface area contributed by atoms with Crippen LogP contribution in [0.1, 0.15) is 17.5 Å². The van der Waals surface area contributed by atoms with E-state index in [1.165, 1.54) is 19.0 Å². The highest BCUT2D eigenvalue weighted by molar-refractivity contribution is 6.24. The molecule has 1 amide bonds. The number of amides is 1. The largest absolute Gasteiger partial charge is 0.872 e. The third kappa shape index (κ3) is 2.55. The number of phenolic OH excluding ortho intramolecular Hbond substituents is 1. The summed E-state index contributed by atoms with van der Waals surface area (Å²) in [5.74, 6) is -8.39. The van der Waals surface area contributed by atoms with Gasteiger partial charge in [0.25, 0.3) is 5.91 Å². The minimum absolute atomic E-state index is 0.0521. The molecule has 1 fully saturated rings. The Hall–Kier alpha value is -3.37. The molecule has 5 N–H and O–H groups in total. The van der Waals surface area contributed by atoms with Crippen LogP contribution in [-0.4, -0.2) is 63.4 Å². The maximum atomic E-state index is 13.4. The molecule has 1 saturated carbocycles. The van der Waals surface area contributed by atoms with Crippen molar-refractivity contribution in [3.8, 4) is 11.5 Å². The van der Waals surface area contributed by atoms with Crippen molar-refractivity contribution in [1.82, 2.24) is 4.90 Å². The highest BCUT2D eigenvalue weighted by Gasteiger charge is 2.63. The monoisotopic (exact) mass is 428 g/mol. The van der Waals surface area contributed by atoms with E-state index in [9.17, 15) is 39.9 Å². The number of hydrogen-bond donors (Lipinski definition) is 4. The standard InChI is InChI=1S/C21H21N2O8/c1-23(2)15-9-6-7-5-8-10(24)3-4-11(25)13(8)16(26)12(7)18(28)21(9,31)19(29)14(17(15)27)20(22)30/h3-4,7,9,15,25-26,29,31H,5-6H2,1-2H3,(H2,22,30)/p-1/t7-,9-,15-,21-/m0/s1. The molecule has 3 aliphatic rings. The van der Waals surface area contributed by atoms with Crippen LogP contribution in [0.2, 0.25) is 0 Å². The second-order valence-corrected chi connectivity index (χ2v) is 8.38. The number of carbonyl (C=O) groups excluding carboxylic acids is 3. The lowest BCUT2D eigenvalue weighted by Gasteiger charge is -2.51. The summed E-state index contributed by atoms with van der Waals surface area (Å²) in [6.45, 7) is 0. The molecule has 0 saturated heterocycles. The number of hydrogen-bond acceptors (Lipinski definition) is 8. The van der Waals surface area contributed by atoms with Crippen LogP contribution >= 0.6 is 0 Å². The SMILES string of the molecule is CN(C)[C@@H]1C(=O)C(C(N)=O)=C(O)[C@@]2(O)C(=O)C3=C([O-])c4c(O)ccc([O])c4C[C@H]3C[C@@H]12. The third-order valence-electron chi connectivity index (χ3n) is 6.54. The number of Topliss-reactive ketones (excluding diaryl/α,β-unsaturated/α-hetero) is 2. The average molecular weight is 428 g/mol. The highest BCUT2D eigenvalue weighted by Crippen LogP contribution is 2.53. The first-order chi connectivity index (χ1) is 14.4. The summed E-state index contributed by atoms with van der Waals surface area (Å²) in [5, 5.41) is 57.6. The number of ketones is 2. The normalized spacial score (nSPS) is 30.3. The first-order valence-electron chi connectivity index (χ1n) is 9.57. The molecular formula is C21H20N2O8-. The predicted molar refractivity (Wildman–Crippen MR) is 102 cm³/mol. The Kier molecular flexibility index (Phi) is 4.42. The van der Waals surface area contributed by atoms with E-state index in [4.69, 9.17) is 5.73 Å². The second kappa shape index (κ2) is 6.56. The number of nitrogens with zero attached hydrogens (tertiary/aromatic N) is 1. The zero-order valence-electron chi connectivity index (χ0n) is 16.7. The first kappa shape index (κ1) is 20.9. The van der Waals surface area contributed by atoms with E-state index in [2.05, 4.69) is 0 Å². The topological polar surface area (TPSA) is 184 Å². The number of aliphatic hydroxyl groups excluding tert-OH is 1. The van der Waals surface area contributed by atoms with Gasteiger partial charge in [0, 0.05) is 17.0 Å². The van der Waals surface area contributed by atoms with Crippen LogP contribution in [0.3, 0.4) is 0 Å². The van der Waals surface area contributed by atoms with E-state index < -0.39 is 75.1 Å². The quantitative estimate of drug-likeness (QED) is 0.428. The van der Waals surface area contributed by atoms with Gasteiger partial charge in [0.15, 0.2) is 22.9 Å². The molecule has 0 aromatic heterocycles. The fourth-order valence-corrected chi connectivity index (χ4v) is 5.19. The Morgan fingerprint density at radius 3 is 2.48 bits per heavy atom. The van der Waals surface area contributed by atoms with Gasteiger partial charge < -0.3 is 26.2 Å². The predicted octanol–water partition coefficient (Wildman–Crippen LogP) is -1.09. The molecule has 3 aliphatic carbocycles. The second-order valence-electron chi connectivity index (χ2n) is 8.38. The van der Waals surface area contributed by atoms with Crippen LogP contribution in [0.15, 0.2) is 29.0 Å². The summed E-state index contributed by atoms with van der Waals surface area (Å²) >= 11 is 0. The summed E-state index contributed by atoms with van der Waals surface area (Å²) in [5.41, 5.74) is 0.963. The summed E-state index contributed by atoms with van der Waals surface area (Å²) < 4.78 is 0. The molecule has 1 aromatic rings. The maximum Gasteiger partial charge on any atom is 0.255 e. The van der Waals surface area contributed by atoms with Crippen LogP contribution in [-0.2, 0) is 25.9 Å². The number of aliphatic hydroxyl groups is 2. The Balaban J connectivity index is 1.99. The Labute approximate surface area is 176 Å². The van der Waals surface area contributed by atoms with Gasteiger partial charge >= 0.3 is 0 Å². The third-order valence-corrected chi connectivity index (χ3v) is 6.54. The van der Waals surface area contributed by atoms with Gasteiger partial charge in [-0.1, -0.05) is 5.76 Å². The van der Waals surface area contributed by atoms with Gasteiger partial charge in [-0.15, -0.1) is 0 Å². The number of carbonyl (C=O) groups is 3. The first-order valence-corrected chi connectivity index (χ1v) is 9.57. The van der Waals surface area contributed by atoms with Crippen LogP contribution < -0.4 is 10.8 Å². The zero-order valence-corrected chi connectivity index (χ0v) is 16.7. The number of primary amides is 1. The number of benzene rings is 1. The summed E-state index contributed by atoms with van der Waals surface area (Å²) in [6, 6.07) is 0.990. The van der Waals surface area contributed by atoms with Crippen molar-refractivity contribution in [2.75, 3.05) is 14.1 Å². The van der Waals surface area contributed by atoms with Gasteiger partial charge in [0.1, 0.15) is 17.1 Å². The fraction of sp³-hybridized carbons (Fsp3) is 0.381. The van der Waals surface area contributed by atoms with Gasteiger partial charge in [0.2, 0.25) is 0 Å². The van der Waals surface area contributed by atoms with E-state index >= 15 is 0 Å². The van der Waals surface area contributed by atoms with Gasteiger partial charge in [-0.3, -0.25) is 24.4 Å². The Morgan fingerprint density at radius 2 is 1.90 bits per heavy atom. The van der Waals surface area contributed by atoms with Gasteiger partial charge in [0.05, 0.1) is 6.04 Å². The molecule has 0 unspecified atom stereocenters. The van der Waals surface area contributed by atoms with Gasteiger partial charge in [-0.05, 0) is 50.6 Å². The highest BCUT2D eigenvalue weighted by atomic mass is 16.3. The lowest BCUT2D eigenvalue weighted by molar-refractivity contribution is -0.246. The fourth-order valence-electron chi connectivity index (χ4n) is 5.19. The molecule has 10 heteroatoms. The molecule has 1 aromatic carbocycles. The number of rotatable bonds is 2. The molecule has 0 heterocycles. The van der Waals surface area contributed by atoms with Crippen LogP contribution in [0.4, 0.5) is 0 Å². The molecular weight excluding hydrogens is 408 g/mol. The number of likely N-dealkylation sites (N-methyl/N-ethyl adjacent to an activating group) is 1.